The molecule has 0 saturated carbocycles. The second-order valence-electron chi connectivity index (χ2n) is 4.49. The fourth-order valence-corrected chi connectivity index (χ4v) is 2.84. The number of nitrogens with zero attached hydrogens (tertiary/aromatic N) is 2. The van der Waals surface area contributed by atoms with Crippen LogP contribution in [0.4, 0.5) is 5.82 Å². The Morgan fingerprint density at radius 3 is 2.95 bits per heavy atom. The Bertz CT molecular complexity index is 780. The third-order valence-electron chi connectivity index (χ3n) is 3.08. The maximum atomic E-state index is 10.8. The van der Waals surface area contributed by atoms with Crippen LogP contribution in [-0.4, -0.2) is 27.6 Å². The number of benzene rings is 1. The van der Waals surface area contributed by atoms with Crippen LogP contribution in [0.25, 0.3) is 10.8 Å². The summed E-state index contributed by atoms with van der Waals surface area (Å²) < 4.78 is 0. The predicted octanol–water partition coefficient (Wildman–Crippen LogP) is 3.04. The molecule has 0 radical (unpaired) electrons. The first-order valence-electron chi connectivity index (χ1n) is 6.49. The second-order valence-corrected chi connectivity index (χ2v) is 5.43. The van der Waals surface area contributed by atoms with Gasteiger partial charge in [0.25, 0.3) is 0 Å². The molecule has 6 heteroatoms. The average Bonchev–Trinajstić information content (AvgIpc) is 2.97. The van der Waals surface area contributed by atoms with E-state index in [4.69, 9.17) is 5.11 Å². The first-order chi connectivity index (χ1) is 10.2. The molecule has 2 heterocycles. The monoisotopic (exact) mass is 299 g/mol. The van der Waals surface area contributed by atoms with Crippen molar-refractivity contribution in [2.24, 2.45) is 0 Å². The predicted molar refractivity (Wildman–Crippen MR) is 83.0 cm³/mol. The highest BCUT2D eigenvalue weighted by Gasteiger charge is 2.08. The number of anilines is 1. The summed E-state index contributed by atoms with van der Waals surface area (Å²) >= 11 is 1.36. The van der Waals surface area contributed by atoms with Crippen molar-refractivity contribution in [2.75, 3.05) is 11.9 Å². The van der Waals surface area contributed by atoms with Crippen LogP contribution in [0.5, 0.6) is 0 Å². The van der Waals surface area contributed by atoms with Crippen molar-refractivity contribution in [1.82, 2.24) is 9.97 Å². The molecule has 0 amide bonds. The number of carboxylic acid groups (broad SMARTS) is 1. The van der Waals surface area contributed by atoms with Gasteiger partial charge in [0.15, 0.2) is 5.69 Å². The molecule has 5 nitrogen and oxygen atoms in total. The number of fused-ring (bicyclic) bond motifs is 1. The summed E-state index contributed by atoms with van der Waals surface area (Å²) in [7, 11) is 0. The number of hydrogen-bond acceptors (Lipinski definition) is 5. The van der Waals surface area contributed by atoms with Gasteiger partial charge in [0.2, 0.25) is 0 Å². The van der Waals surface area contributed by atoms with Crippen molar-refractivity contribution >= 4 is 33.9 Å². The van der Waals surface area contributed by atoms with E-state index in [1.54, 1.807) is 11.6 Å². The summed E-state index contributed by atoms with van der Waals surface area (Å²) in [5.74, 6) is -0.149. The minimum atomic E-state index is -0.985. The van der Waals surface area contributed by atoms with Gasteiger partial charge in [-0.05, 0) is 11.5 Å². The van der Waals surface area contributed by atoms with Crippen molar-refractivity contribution < 1.29 is 9.90 Å². The zero-order valence-electron chi connectivity index (χ0n) is 11.1. The molecule has 0 spiro atoms. The summed E-state index contributed by atoms with van der Waals surface area (Å²) in [5.41, 5.74) is 0.110. The molecule has 0 unspecified atom stereocenters. The van der Waals surface area contributed by atoms with Crippen LogP contribution < -0.4 is 5.32 Å². The molecular weight excluding hydrogens is 286 g/mol. The minimum Gasteiger partial charge on any atom is -0.476 e. The lowest BCUT2D eigenvalue weighted by Crippen LogP contribution is -2.07. The molecule has 106 valence electrons. The number of aromatic nitrogens is 2. The first-order valence-corrected chi connectivity index (χ1v) is 7.37. The van der Waals surface area contributed by atoms with Crippen LogP contribution >= 0.6 is 11.3 Å². The second kappa shape index (κ2) is 5.88. The Hall–Kier alpha value is -2.47. The van der Waals surface area contributed by atoms with Crippen molar-refractivity contribution in [2.45, 2.75) is 6.42 Å². The molecule has 3 aromatic rings. The summed E-state index contributed by atoms with van der Waals surface area (Å²) in [6.07, 6.45) is 2.44. The molecule has 3 rings (SSSR count). The fourth-order valence-electron chi connectivity index (χ4n) is 2.07. The van der Waals surface area contributed by atoms with Crippen molar-refractivity contribution in [3.8, 4) is 0 Å². The summed E-state index contributed by atoms with van der Waals surface area (Å²) in [4.78, 5) is 19.2. The van der Waals surface area contributed by atoms with E-state index in [1.807, 2.05) is 30.3 Å². The summed E-state index contributed by atoms with van der Waals surface area (Å²) in [5, 5.41) is 16.7. The van der Waals surface area contributed by atoms with Crippen LogP contribution in [0.15, 0.2) is 41.9 Å². The van der Waals surface area contributed by atoms with Crippen molar-refractivity contribution in [1.29, 1.82) is 0 Å². The molecule has 2 N–H and O–H groups in total. The van der Waals surface area contributed by atoms with Gasteiger partial charge in [0.05, 0.1) is 5.01 Å². The van der Waals surface area contributed by atoms with E-state index in [-0.39, 0.29) is 5.69 Å². The molecule has 0 fully saturated rings. The third-order valence-corrected chi connectivity index (χ3v) is 3.98. The molecule has 0 aliphatic carbocycles. The van der Waals surface area contributed by atoms with Gasteiger partial charge in [-0.1, -0.05) is 24.3 Å². The molecule has 21 heavy (non-hydrogen) atoms. The SMILES string of the molecule is O=C(O)c1csc(CCNc2nccc3ccccc23)n1. The van der Waals surface area contributed by atoms with Crippen molar-refractivity contribution in [3.63, 3.8) is 0 Å². The van der Waals surface area contributed by atoms with E-state index < -0.39 is 5.97 Å². The maximum Gasteiger partial charge on any atom is 0.355 e. The third kappa shape index (κ3) is 3.00. The molecule has 0 saturated heterocycles. The van der Waals surface area contributed by atoms with Gasteiger partial charge in [-0.2, -0.15) is 0 Å². The van der Waals surface area contributed by atoms with E-state index >= 15 is 0 Å². The van der Waals surface area contributed by atoms with Gasteiger partial charge in [0.1, 0.15) is 5.82 Å². The zero-order valence-corrected chi connectivity index (χ0v) is 11.9. The van der Waals surface area contributed by atoms with Crippen LogP contribution in [0, 0.1) is 0 Å². The molecular formula is C15H13N3O2S. The Morgan fingerprint density at radius 1 is 1.29 bits per heavy atom. The largest absolute Gasteiger partial charge is 0.476 e. The minimum absolute atomic E-state index is 0.110. The van der Waals surface area contributed by atoms with Gasteiger partial charge in [-0.15, -0.1) is 11.3 Å². The molecule has 0 bridgehead atoms. The van der Waals surface area contributed by atoms with Crippen LogP contribution in [0.1, 0.15) is 15.5 Å². The highest BCUT2D eigenvalue weighted by Crippen LogP contribution is 2.20. The summed E-state index contributed by atoms with van der Waals surface area (Å²) in [6.45, 7) is 0.660. The number of nitrogens with one attached hydrogen (secondary N) is 1. The normalized spacial score (nSPS) is 10.7. The van der Waals surface area contributed by atoms with E-state index in [0.717, 1.165) is 21.6 Å². The Labute approximate surface area is 125 Å². The quantitative estimate of drug-likeness (QED) is 0.757. The smallest absolute Gasteiger partial charge is 0.355 e. The lowest BCUT2D eigenvalue weighted by atomic mass is 10.1. The molecule has 1 aromatic carbocycles. The number of aromatic carboxylic acids is 1. The van der Waals surface area contributed by atoms with E-state index in [9.17, 15) is 4.79 Å². The van der Waals surface area contributed by atoms with E-state index in [1.165, 1.54) is 11.3 Å². The number of pyridine rings is 1. The Morgan fingerprint density at radius 2 is 2.14 bits per heavy atom. The highest BCUT2D eigenvalue weighted by atomic mass is 32.1. The lowest BCUT2D eigenvalue weighted by Gasteiger charge is -2.07. The molecule has 0 atom stereocenters. The Balaban J connectivity index is 1.68. The highest BCUT2D eigenvalue weighted by molar-refractivity contribution is 7.09. The standard InChI is InChI=1S/C15H13N3O2S/c19-15(20)12-9-21-13(18-12)6-8-17-14-11-4-2-1-3-10(11)5-7-16-14/h1-5,7,9H,6,8H2,(H,16,17)(H,19,20). The summed E-state index contributed by atoms with van der Waals surface area (Å²) in [6, 6.07) is 10.0. The van der Waals surface area contributed by atoms with E-state index in [2.05, 4.69) is 15.3 Å². The number of carbonyl (C=O) groups is 1. The lowest BCUT2D eigenvalue weighted by molar-refractivity contribution is 0.0691. The van der Waals surface area contributed by atoms with Crippen molar-refractivity contribution in [3.05, 3.63) is 52.6 Å². The average molecular weight is 299 g/mol. The van der Waals surface area contributed by atoms with Crippen LogP contribution in [0.3, 0.4) is 0 Å². The van der Waals surface area contributed by atoms with Crippen LogP contribution in [-0.2, 0) is 6.42 Å². The molecule has 0 aliphatic rings. The topological polar surface area (TPSA) is 75.1 Å². The maximum absolute atomic E-state index is 10.8. The van der Waals surface area contributed by atoms with Gasteiger partial charge < -0.3 is 10.4 Å². The molecule has 0 aliphatic heterocycles. The number of thiazole rings is 1. The number of carboxylic acids is 1. The van der Waals surface area contributed by atoms with Gasteiger partial charge >= 0.3 is 5.97 Å². The first kappa shape index (κ1) is 13.5. The van der Waals surface area contributed by atoms with Gasteiger partial charge in [-0.25, -0.2) is 14.8 Å². The van der Waals surface area contributed by atoms with Gasteiger partial charge in [0, 0.05) is 29.9 Å². The Kier molecular flexibility index (Phi) is 3.79. The number of hydrogen-bond donors (Lipinski definition) is 2. The van der Waals surface area contributed by atoms with Crippen LogP contribution in [0.2, 0.25) is 0 Å². The number of rotatable bonds is 5. The molecule has 2 aromatic heterocycles. The fraction of sp³-hybridized carbons (Fsp3) is 0.133. The van der Waals surface area contributed by atoms with E-state index in [0.29, 0.717) is 13.0 Å². The van der Waals surface area contributed by atoms with Gasteiger partial charge in [-0.3, -0.25) is 0 Å². The zero-order chi connectivity index (χ0) is 14.7.